The van der Waals surface area contributed by atoms with Crippen molar-refractivity contribution in [2.24, 2.45) is 0 Å². The number of hydrogen-bond donors (Lipinski definition) is 2. The highest BCUT2D eigenvalue weighted by atomic mass is 19.1. The van der Waals surface area contributed by atoms with Crippen LogP contribution in [0, 0.1) is 5.82 Å². The van der Waals surface area contributed by atoms with Crippen LogP contribution in [0.3, 0.4) is 0 Å². The summed E-state index contributed by atoms with van der Waals surface area (Å²) in [4.78, 5) is 14.0. The Morgan fingerprint density at radius 3 is 3.17 bits per heavy atom. The largest absolute Gasteiger partial charge is 0.487 e. The second kappa shape index (κ2) is 7.41. The van der Waals surface area contributed by atoms with E-state index in [1.54, 1.807) is 23.1 Å². The number of aromatic nitrogens is 2. The maximum Gasteiger partial charge on any atom is 0.274 e. The van der Waals surface area contributed by atoms with Crippen molar-refractivity contribution in [3.8, 4) is 5.75 Å². The Labute approximate surface area is 138 Å². The molecule has 1 amide bonds. The Morgan fingerprint density at radius 1 is 1.50 bits per heavy atom. The van der Waals surface area contributed by atoms with E-state index in [1.807, 2.05) is 0 Å². The van der Waals surface area contributed by atoms with Crippen LogP contribution in [0.15, 0.2) is 30.3 Å². The molecule has 1 aliphatic heterocycles. The van der Waals surface area contributed by atoms with Crippen molar-refractivity contribution in [1.29, 1.82) is 0 Å². The SMILES string of the molecule is O=C(c1cc(COc2cccc(F)c2)[nH]n1)N1CCOCC1CO. The lowest BCUT2D eigenvalue weighted by atomic mass is 10.2. The van der Waals surface area contributed by atoms with Crippen molar-refractivity contribution in [2.45, 2.75) is 12.6 Å². The second-order valence-electron chi connectivity index (χ2n) is 5.43. The first-order valence-corrected chi connectivity index (χ1v) is 7.59. The van der Waals surface area contributed by atoms with Crippen LogP contribution in [-0.2, 0) is 11.3 Å². The van der Waals surface area contributed by atoms with E-state index in [0.29, 0.717) is 31.2 Å². The summed E-state index contributed by atoms with van der Waals surface area (Å²) in [6.07, 6.45) is 0. The van der Waals surface area contributed by atoms with Crippen molar-refractivity contribution < 1.29 is 23.8 Å². The summed E-state index contributed by atoms with van der Waals surface area (Å²) >= 11 is 0. The number of aliphatic hydroxyl groups excluding tert-OH is 1. The fourth-order valence-electron chi connectivity index (χ4n) is 2.48. The number of nitrogens with zero attached hydrogens (tertiary/aromatic N) is 2. The summed E-state index contributed by atoms with van der Waals surface area (Å²) in [5.41, 5.74) is 0.838. The van der Waals surface area contributed by atoms with Crippen molar-refractivity contribution in [3.05, 3.63) is 47.5 Å². The van der Waals surface area contributed by atoms with Crippen LogP contribution < -0.4 is 4.74 Å². The zero-order chi connectivity index (χ0) is 16.9. The standard InChI is InChI=1S/C16H18FN3O4/c17-11-2-1-3-14(6-11)24-9-12-7-15(19-18-12)16(22)20-4-5-23-10-13(20)8-21/h1-3,6-7,13,21H,4-5,8-10H2,(H,18,19). The zero-order valence-corrected chi connectivity index (χ0v) is 12.9. The van der Waals surface area contributed by atoms with Gasteiger partial charge in [-0.25, -0.2) is 4.39 Å². The molecule has 128 valence electrons. The molecule has 1 fully saturated rings. The number of halogens is 1. The lowest BCUT2D eigenvalue weighted by Gasteiger charge is -2.33. The molecule has 8 heteroatoms. The van der Waals surface area contributed by atoms with Gasteiger partial charge in [-0.1, -0.05) is 6.07 Å². The summed E-state index contributed by atoms with van der Waals surface area (Å²) in [6.45, 7) is 1.12. The molecule has 1 saturated heterocycles. The monoisotopic (exact) mass is 335 g/mol. The molecule has 1 aromatic carbocycles. The van der Waals surface area contributed by atoms with E-state index in [2.05, 4.69) is 10.2 Å². The van der Waals surface area contributed by atoms with Crippen molar-refractivity contribution in [2.75, 3.05) is 26.4 Å². The minimum Gasteiger partial charge on any atom is -0.487 e. The van der Waals surface area contributed by atoms with Crippen molar-refractivity contribution in [1.82, 2.24) is 15.1 Å². The predicted octanol–water partition coefficient (Wildman–Crippen LogP) is 0.961. The number of benzene rings is 1. The molecular weight excluding hydrogens is 317 g/mol. The summed E-state index contributed by atoms with van der Waals surface area (Å²) in [5, 5.41) is 16.1. The summed E-state index contributed by atoms with van der Waals surface area (Å²) in [5.74, 6) is -0.257. The van der Waals surface area contributed by atoms with Crippen LogP contribution in [0.5, 0.6) is 5.75 Å². The predicted molar refractivity (Wildman–Crippen MR) is 82.0 cm³/mol. The van der Waals surface area contributed by atoms with Gasteiger partial charge in [-0.3, -0.25) is 9.89 Å². The van der Waals surface area contributed by atoms with Gasteiger partial charge in [0.1, 0.15) is 18.2 Å². The van der Waals surface area contributed by atoms with Gasteiger partial charge in [0.25, 0.3) is 5.91 Å². The number of hydrogen-bond acceptors (Lipinski definition) is 5. The fourth-order valence-corrected chi connectivity index (χ4v) is 2.48. The van der Waals surface area contributed by atoms with Gasteiger partial charge in [0.2, 0.25) is 0 Å². The molecule has 1 aromatic heterocycles. The van der Waals surface area contributed by atoms with E-state index in [9.17, 15) is 14.3 Å². The minimum atomic E-state index is -0.379. The highest BCUT2D eigenvalue weighted by Gasteiger charge is 2.28. The third-order valence-corrected chi connectivity index (χ3v) is 3.74. The van der Waals surface area contributed by atoms with Gasteiger partial charge in [0, 0.05) is 12.6 Å². The van der Waals surface area contributed by atoms with E-state index in [-0.39, 0.29) is 36.7 Å². The highest BCUT2D eigenvalue weighted by Crippen LogP contribution is 2.15. The van der Waals surface area contributed by atoms with Gasteiger partial charge >= 0.3 is 0 Å². The van der Waals surface area contributed by atoms with Gasteiger partial charge in [0.05, 0.1) is 31.6 Å². The number of nitrogens with one attached hydrogen (secondary N) is 1. The first-order chi connectivity index (χ1) is 11.7. The first kappa shape index (κ1) is 16.4. The van der Waals surface area contributed by atoms with Gasteiger partial charge in [0.15, 0.2) is 5.69 Å². The quantitative estimate of drug-likeness (QED) is 0.850. The Hall–Kier alpha value is -2.45. The Kier molecular flexibility index (Phi) is 5.07. The van der Waals surface area contributed by atoms with E-state index >= 15 is 0 Å². The molecule has 1 unspecified atom stereocenters. The first-order valence-electron chi connectivity index (χ1n) is 7.59. The molecule has 0 spiro atoms. The van der Waals surface area contributed by atoms with E-state index < -0.39 is 0 Å². The van der Waals surface area contributed by atoms with Crippen molar-refractivity contribution >= 4 is 5.91 Å². The Balaban J connectivity index is 1.63. The van der Waals surface area contributed by atoms with Gasteiger partial charge < -0.3 is 19.5 Å². The summed E-state index contributed by atoms with van der Waals surface area (Å²) < 4.78 is 23.8. The number of H-pyrrole nitrogens is 1. The molecule has 1 atom stereocenters. The number of carbonyl (C=O) groups is 1. The maximum atomic E-state index is 13.1. The van der Waals surface area contributed by atoms with Crippen LogP contribution in [0.2, 0.25) is 0 Å². The maximum absolute atomic E-state index is 13.1. The van der Waals surface area contributed by atoms with E-state index in [1.165, 1.54) is 12.1 Å². The summed E-state index contributed by atoms with van der Waals surface area (Å²) in [7, 11) is 0. The molecule has 2 heterocycles. The number of ether oxygens (including phenoxy) is 2. The molecule has 0 aliphatic carbocycles. The number of aromatic amines is 1. The normalized spacial score (nSPS) is 17.8. The van der Waals surface area contributed by atoms with Gasteiger partial charge in [-0.05, 0) is 18.2 Å². The zero-order valence-electron chi connectivity index (χ0n) is 12.9. The van der Waals surface area contributed by atoms with Gasteiger partial charge in [-0.2, -0.15) is 5.10 Å². The van der Waals surface area contributed by atoms with E-state index in [4.69, 9.17) is 9.47 Å². The molecule has 0 bridgehead atoms. The van der Waals surface area contributed by atoms with Crippen LogP contribution in [0.4, 0.5) is 4.39 Å². The summed E-state index contributed by atoms with van der Waals surface area (Å²) in [6, 6.07) is 7.04. The molecule has 24 heavy (non-hydrogen) atoms. The lowest BCUT2D eigenvalue weighted by molar-refractivity contribution is -0.0186. The number of aliphatic hydroxyl groups is 1. The molecule has 3 rings (SSSR count). The average molecular weight is 335 g/mol. The second-order valence-corrected chi connectivity index (χ2v) is 5.43. The molecule has 7 nitrogen and oxygen atoms in total. The highest BCUT2D eigenvalue weighted by molar-refractivity contribution is 5.92. The third-order valence-electron chi connectivity index (χ3n) is 3.74. The lowest BCUT2D eigenvalue weighted by Crippen LogP contribution is -2.50. The van der Waals surface area contributed by atoms with Crippen LogP contribution >= 0.6 is 0 Å². The molecule has 0 saturated carbocycles. The number of rotatable bonds is 5. The topological polar surface area (TPSA) is 87.7 Å². The number of amides is 1. The number of carbonyl (C=O) groups excluding carboxylic acids is 1. The smallest absolute Gasteiger partial charge is 0.274 e. The number of morpholine rings is 1. The third kappa shape index (κ3) is 3.72. The Morgan fingerprint density at radius 2 is 2.38 bits per heavy atom. The fraction of sp³-hybridized carbons (Fsp3) is 0.375. The minimum absolute atomic E-state index is 0.135. The average Bonchev–Trinajstić information content (AvgIpc) is 3.08. The molecule has 1 aliphatic rings. The van der Waals surface area contributed by atoms with Crippen molar-refractivity contribution in [3.63, 3.8) is 0 Å². The van der Waals surface area contributed by atoms with Gasteiger partial charge in [-0.15, -0.1) is 0 Å². The molecule has 0 radical (unpaired) electrons. The molecule has 2 N–H and O–H groups in total. The molecule has 2 aromatic rings. The van der Waals surface area contributed by atoms with Crippen LogP contribution in [0.25, 0.3) is 0 Å². The van der Waals surface area contributed by atoms with E-state index in [0.717, 1.165) is 0 Å². The molecular formula is C16H18FN3O4. The van der Waals surface area contributed by atoms with Crippen LogP contribution in [0.1, 0.15) is 16.2 Å². The van der Waals surface area contributed by atoms with Crippen LogP contribution in [-0.4, -0.2) is 58.5 Å². The Bertz CT molecular complexity index is 706.